The lowest BCUT2D eigenvalue weighted by Crippen LogP contribution is -2.61. The van der Waals surface area contributed by atoms with Crippen molar-refractivity contribution in [3.63, 3.8) is 0 Å². The molecule has 4 heteroatoms. The van der Waals surface area contributed by atoms with Gasteiger partial charge < -0.3 is 20.1 Å². The maximum Gasteiger partial charge on any atom is 0.0652 e. The van der Waals surface area contributed by atoms with Crippen molar-refractivity contribution in [2.24, 2.45) is 11.3 Å². The van der Waals surface area contributed by atoms with E-state index in [0.29, 0.717) is 24.1 Å². The minimum absolute atomic E-state index is 0.251. The molecule has 0 aromatic rings. The molecule has 2 aliphatic rings. The summed E-state index contributed by atoms with van der Waals surface area (Å²) in [5.41, 5.74) is 0.251. The predicted molar refractivity (Wildman–Crippen MR) is 77.4 cm³/mol. The summed E-state index contributed by atoms with van der Waals surface area (Å²) < 4.78 is 11.1. The number of methoxy groups -OCH3 is 1. The molecule has 19 heavy (non-hydrogen) atoms. The van der Waals surface area contributed by atoms with Crippen LogP contribution in [0.3, 0.4) is 0 Å². The molecule has 0 radical (unpaired) electrons. The topological polar surface area (TPSA) is 42.5 Å². The molecule has 112 valence electrons. The highest BCUT2D eigenvalue weighted by molar-refractivity contribution is 5.03. The van der Waals surface area contributed by atoms with Crippen molar-refractivity contribution in [2.75, 3.05) is 33.4 Å². The van der Waals surface area contributed by atoms with Crippen LogP contribution in [0.2, 0.25) is 0 Å². The van der Waals surface area contributed by atoms with Gasteiger partial charge in [-0.1, -0.05) is 20.8 Å². The molecule has 1 aliphatic carbocycles. The van der Waals surface area contributed by atoms with Crippen LogP contribution >= 0.6 is 0 Å². The Morgan fingerprint density at radius 3 is 2.68 bits per heavy atom. The van der Waals surface area contributed by atoms with Crippen LogP contribution in [0.25, 0.3) is 0 Å². The van der Waals surface area contributed by atoms with Crippen LogP contribution in [-0.4, -0.2) is 51.6 Å². The van der Waals surface area contributed by atoms with E-state index in [1.807, 2.05) is 7.11 Å². The largest absolute Gasteiger partial charge is 0.381 e. The number of hydrogen-bond acceptors (Lipinski definition) is 4. The zero-order valence-electron chi connectivity index (χ0n) is 12.9. The molecule has 0 aromatic carbocycles. The smallest absolute Gasteiger partial charge is 0.0652 e. The fourth-order valence-corrected chi connectivity index (χ4v) is 3.28. The Morgan fingerprint density at radius 2 is 2.05 bits per heavy atom. The van der Waals surface area contributed by atoms with Crippen LogP contribution < -0.4 is 10.6 Å². The summed E-state index contributed by atoms with van der Waals surface area (Å²) in [6.45, 7) is 10.7. The first-order chi connectivity index (χ1) is 9.09. The van der Waals surface area contributed by atoms with E-state index in [9.17, 15) is 0 Å². The van der Waals surface area contributed by atoms with Gasteiger partial charge in [-0.15, -0.1) is 0 Å². The Kier molecular flexibility index (Phi) is 5.23. The molecule has 2 N–H and O–H groups in total. The van der Waals surface area contributed by atoms with Crippen LogP contribution in [0.1, 0.15) is 33.6 Å². The molecule has 1 heterocycles. The predicted octanol–water partition coefficient (Wildman–Crippen LogP) is 1.40. The summed E-state index contributed by atoms with van der Waals surface area (Å²) in [6, 6.07) is 1.10. The summed E-state index contributed by atoms with van der Waals surface area (Å²) in [4.78, 5) is 0. The van der Waals surface area contributed by atoms with E-state index >= 15 is 0 Å². The summed E-state index contributed by atoms with van der Waals surface area (Å²) in [5, 5.41) is 7.31. The minimum Gasteiger partial charge on any atom is -0.381 e. The average Bonchev–Trinajstić information content (AvgIpc) is 2.82. The zero-order valence-corrected chi connectivity index (χ0v) is 12.9. The van der Waals surface area contributed by atoms with Gasteiger partial charge in [0.15, 0.2) is 0 Å². The highest BCUT2D eigenvalue weighted by atomic mass is 16.5. The second-order valence-corrected chi connectivity index (χ2v) is 6.60. The van der Waals surface area contributed by atoms with Crippen LogP contribution in [0.5, 0.6) is 0 Å². The van der Waals surface area contributed by atoms with Crippen molar-refractivity contribution in [3.05, 3.63) is 0 Å². The fourth-order valence-electron chi connectivity index (χ4n) is 3.28. The second-order valence-electron chi connectivity index (χ2n) is 6.60. The number of ether oxygens (including phenoxy) is 2. The summed E-state index contributed by atoms with van der Waals surface area (Å²) in [7, 11) is 1.82. The Balaban J connectivity index is 1.73. The molecule has 0 spiro atoms. The van der Waals surface area contributed by atoms with Crippen molar-refractivity contribution in [3.8, 4) is 0 Å². The second kappa shape index (κ2) is 6.53. The van der Waals surface area contributed by atoms with Gasteiger partial charge >= 0.3 is 0 Å². The fraction of sp³-hybridized carbons (Fsp3) is 1.00. The molecule has 0 aromatic heterocycles. The molecule has 2 fully saturated rings. The molecule has 1 aliphatic heterocycles. The number of rotatable bonds is 7. The van der Waals surface area contributed by atoms with Gasteiger partial charge in [0.25, 0.3) is 0 Å². The van der Waals surface area contributed by atoms with Gasteiger partial charge in [-0.3, -0.25) is 0 Å². The monoisotopic (exact) mass is 270 g/mol. The number of nitrogens with one attached hydrogen (secondary N) is 2. The average molecular weight is 270 g/mol. The number of hydrogen-bond donors (Lipinski definition) is 2. The van der Waals surface area contributed by atoms with Crippen molar-refractivity contribution >= 4 is 0 Å². The lowest BCUT2D eigenvalue weighted by Gasteiger charge is -2.51. The first-order valence-electron chi connectivity index (χ1n) is 7.66. The van der Waals surface area contributed by atoms with Crippen molar-refractivity contribution < 1.29 is 9.47 Å². The van der Waals surface area contributed by atoms with E-state index in [1.54, 1.807) is 0 Å². The normalized spacial score (nSPS) is 37.3. The molecule has 4 unspecified atom stereocenters. The van der Waals surface area contributed by atoms with E-state index in [1.165, 1.54) is 6.42 Å². The Bertz CT molecular complexity index is 283. The van der Waals surface area contributed by atoms with Gasteiger partial charge in [-0.25, -0.2) is 0 Å². The van der Waals surface area contributed by atoms with Crippen LogP contribution in [0.4, 0.5) is 0 Å². The maximum absolute atomic E-state index is 5.62. The third-order valence-electron chi connectivity index (χ3n) is 4.94. The molecular weight excluding hydrogens is 240 g/mol. The molecule has 1 saturated carbocycles. The van der Waals surface area contributed by atoms with E-state index < -0.39 is 0 Å². The summed E-state index contributed by atoms with van der Waals surface area (Å²) >= 11 is 0. The molecule has 4 nitrogen and oxygen atoms in total. The third kappa shape index (κ3) is 3.30. The van der Waals surface area contributed by atoms with Crippen molar-refractivity contribution in [2.45, 2.75) is 51.8 Å². The lowest BCUT2D eigenvalue weighted by atomic mass is 9.64. The molecule has 0 amide bonds. The molecule has 1 saturated heterocycles. The van der Waals surface area contributed by atoms with Gasteiger partial charge in [0.05, 0.1) is 19.3 Å². The molecular formula is C15H30N2O2. The highest BCUT2D eigenvalue weighted by Gasteiger charge is 2.48. The Labute approximate surface area is 117 Å². The summed E-state index contributed by atoms with van der Waals surface area (Å²) in [5.74, 6) is 0.601. The van der Waals surface area contributed by atoms with Gasteiger partial charge in [0.1, 0.15) is 0 Å². The molecule has 2 rings (SSSR count). The quantitative estimate of drug-likeness (QED) is 0.734. The third-order valence-corrected chi connectivity index (χ3v) is 4.94. The maximum atomic E-state index is 5.62. The first kappa shape index (κ1) is 15.2. The van der Waals surface area contributed by atoms with Crippen LogP contribution in [-0.2, 0) is 9.47 Å². The standard InChI is InChI=1S/C15H30N2O2/c1-5-6-16-12-10-19-9-11(12)8-17-13-7-14(18-4)15(13,2)3/h11-14,16-17H,5-10H2,1-4H3. The van der Waals surface area contributed by atoms with E-state index in [2.05, 4.69) is 31.4 Å². The van der Waals surface area contributed by atoms with E-state index in [4.69, 9.17) is 9.47 Å². The molecule has 4 atom stereocenters. The minimum atomic E-state index is 0.251. The zero-order chi connectivity index (χ0) is 13.9. The Hall–Kier alpha value is -0.160. The van der Waals surface area contributed by atoms with Gasteiger partial charge in [-0.2, -0.15) is 0 Å². The van der Waals surface area contributed by atoms with Crippen LogP contribution in [0.15, 0.2) is 0 Å². The van der Waals surface area contributed by atoms with Gasteiger partial charge in [0.2, 0.25) is 0 Å². The lowest BCUT2D eigenvalue weighted by molar-refractivity contribution is -0.0981. The highest BCUT2D eigenvalue weighted by Crippen LogP contribution is 2.42. The van der Waals surface area contributed by atoms with Crippen molar-refractivity contribution in [1.29, 1.82) is 0 Å². The first-order valence-corrected chi connectivity index (χ1v) is 7.66. The molecule has 0 bridgehead atoms. The van der Waals surface area contributed by atoms with E-state index in [-0.39, 0.29) is 5.41 Å². The van der Waals surface area contributed by atoms with Crippen LogP contribution in [0, 0.1) is 11.3 Å². The van der Waals surface area contributed by atoms with Gasteiger partial charge in [0, 0.05) is 37.1 Å². The van der Waals surface area contributed by atoms with Gasteiger partial charge in [-0.05, 0) is 19.4 Å². The van der Waals surface area contributed by atoms with E-state index in [0.717, 1.165) is 32.7 Å². The SMILES string of the molecule is CCCNC1COCC1CNC1CC(OC)C1(C)C. The van der Waals surface area contributed by atoms with Crippen molar-refractivity contribution in [1.82, 2.24) is 10.6 Å². The Morgan fingerprint density at radius 1 is 1.26 bits per heavy atom. The summed E-state index contributed by atoms with van der Waals surface area (Å²) in [6.07, 6.45) is 2.71.